The molecule has 0 bridgehead atoms. The van der Waals surface area contributed by atoms with E-state index in [0.717, 1.165) is 26.2 Å². The fraction of sp³-hybridized carbons (Fsp3) is 0. The van der Waals surface area contributed by atoms with Crippen molar-refractivity contribution in [1.29, 1.82) is 0 Å². The minimum absolute atomic E-state index is 0.230. The maximum Gasteiger partial charge on any atom is 0.261 e. The highest BCUT2D eigenvalue weighted by Gasteiger charge is 2.13. The van der Waals surface area contributed by atoms with Crippen molar-refractivity contribution >= 4 is 50.5 Å². The van der Waals surface area contributed by atoms with Gasteiger partial charge in [-0.05, 0) is 41.9 Å². The molecule has 0 aliphatic heterocycles. The van der Waals surface area contributed by atoms with Crippen molar-refractivity contribution in [2.75, 3.05) is 0 Å². The van der Waals surface area contributed by atoms with E-state index < -0.39 is 0 Å². The summed E-state index contributed by atoms with van der Waals surface area (Å²) in [6.07, 6.45) is 0. The Balaban J connectivity index is 2.09. The molecule has 0 aliphatic carbocycles. The Morgan fingerprint density at radius 3 is 2.62 bits per heavy atom. The lowest BCUT2D eigenvalue weighted by molar-refractivity contribution is 1.11. The number of hydrogen-bond donors (Lipinski definition) is 2. The molecule has 24 heavy (non-hydrogen) atoms. The Labute approximate surface area is 154 Å². The van der Waals surface area contributed by atoms with Crippen molar-refractivity contribution in [3.8, 4) is 21.7 Å². The molecule has 0 aliphatic rings. The molecule has 0 saturated heterocycles. The highest BCUT2D eigenvalue weighted by atomic mass is 79.9. The van der Waals surface area contributed by atoms with Crippen LogP contribution in [0.5, 0.6) is 0 Å². The van der Waals surface area contributed by atoms with Crippen LogP contribution >= 0.6 is 39.5 Å². The highest BCUT2D eigenvalue weighted by molar-refractivity contribution is 9.10. The van der Waals surface area contributed by atoms with Gasteiger partial charge in [-0.2, -0.15) is 0 Å². The van der Waals surface area contributed by atoms with Crippen LogP contribution in [0.4, 0.5) is 0 Å². The molecule has 0 amide bonds. The van der Waals surface area contributed by atoms with E-state index in [1.165, 1.54) is 0 Å². The normalized spacial score (nSPS) is 11.0. The maximum absolute atomic E-state index is 12.4. The third-order valence-electron chi connectivity index (χ3n) is 3.63. The third-order valence-corrected chi connectivity index (χ3v) is 5.27. The molecule has 0 unspecified atom stereocenters. The summed E-state index contributed by atoms with van der Waals surface area (Å²) >= 11 is 10.1. The molecule has 3 aromatic heterocycles. The summed E-state index contributed by atoms with van der Waals surface area (Å²) in [6.45, 7) is 0. The predicted molar refractivity (Wildman–Crippen MR) is 104 cm³/mol. The summed E-state index contributed by atoms with van der Waals surface area (Å²) in [4.78, 5) is 23.7. The monoisotopic (exact) mass is 415 g/mol. The minimum Gasteiger partial charge on any atom is -0.316 e. The standard InChI is InChI=1S/C17H10BrN3OS2/c18-10-5-3-9(4-6-10)12-8-11(13-2-1-7-24-13)14-15(19-12)20-17(23)21-16(14)22/h1-8H,(H2,19,20,21,22,23). The van der Waals surface area contributed by atoms with E-state index in [4.69, 9.17) is 12.2 Å². The molecule has 4 aromatic rings. The quantitative estimate of drug-likeness (QED) is 0.445. The second-order valence-corrected chi connectivity index (χ2v) is 7.44. The maximum atomic E-state index is 12.4. The number of fused-ring (bicyclic) bond motifs is 1. The molecule has 0 radical (unpaired) electrons. The van der Waals surface area contributed by atoms with Gasteiger partial charge in [0.05, 0.1) is 11.1 Å². The first-order valence-electron chi connectivity index (χ1n) is 7.09. The van der Waals surface area contributed by atoms with Gasteiger partial charge in [-0.1, -0.05) is 34.1 Å². The molecule has 3 heterocycles. The van der Waals surface area contributed by atoms with Crippen molar-refractivity contribution in [1.82, 2.24) is 15.0 Å². The van der Waals surface area contributed by atoms with Crippen molar-refractivity contribution < 1.29 is 0 Å². The number of rotatable bonds is 2. The van der Waals surface area contributed by atoms with Crippen molar-refractivity contribution in [3.63, 3.8) is 0 Å². The van der Waals surface area contributed by atoms with Gasteiger partial charge in [-0.25, -0.2) is 4.98 Å². The van der Waals surface area contributed by atoms with E-state index in [1.54, 1.807) is 11.3 Å². The van der Waals surface area contributed by atoms with Gasteiger partial charge < -0.3 is 4.98 Å². The second kappa shape index (κ2) is 6.08. The molecule has 2 N–H and O–H groups in total. The van der Waals surface area contributed by atoms with Crippen LogP contribution in [-0.2, 0) is 0 Å². The third kappa shape index (κ3) is 2.75. The average Bonchev–Trinajstić information content (AvgIpc) is 3.08. The Morgan fingerprint density at radius 1 is 1.12 bits per heavy atom. The van der Waals surface area contributed by atoms with Gasteiger partial charge in [0.15, 0.2) is 4.77 Å². The van der Waals surface area contributed by atoms with E-state index in [1.807, 2.05) is 47.8 Å². The predicted octanol–water partition coefficient (Wildman–Crippen LogP) is 5.14. The molecule has 0 spiro atoms. The van der Waals surface area contributed by atoms with Crippen LogP contribution in [-0.4, -0.2) is 15.0 Å². The van der Waals surface area contributed by atoms with Crippen LogP contribution in [0.1, 0.15) is 0 Å². The number of hydrogen-bond acceptors (Lipinski definition) is 4. The molecule has 0 atom stereocenters. The lowest BCUT2D eigenvalue weighted by atomic mass is 10.1. The van der Waals surface area contributed by atoms with E-state index >= 15 is 0 Å². The zero-order valence-corrected chi connectivity index (χ0v) is 15.4. The first kappa shape index (κ1) is 15.4. The van der Waals surface area contributed by atoms with Gasteiger partial charge in [0.2, 0.25) is 0 Å². The lowest BCUT2D eigenvalue weighted by Gasteiger charge is -2.08. The topological polar surface area (TPSA) is 61.5 Å². The molecule has 1 aromatic carbocycles. The number of thiophene rings is 1. The summed E-state index contributed by atoms with van der Waals surface area (Å²) in [5, 5.41) is 2.51. The Hall–Kier alpha value is -2.09. The highest BCUT2D eigenvalue weighted by Crippen LogP contribution is 2.32. The number of halogens is 1. The zero-order valence-electron chi connectivity index (χ0n) is 12.2. The number of aromatic amines is 2. The Kier molecular flexibility index (Phi) is 3.91. The number of nitrogens with zero attached hydrogens (tertiary/aromatic N) is 1. The van der Waals surface area contributed by atoms with Gasteiger partial charge in [-0.3, -0.25) is 9.78 Å². The number of nitrogens with one attached hydrogen (secondary N) is 2. The van der Waals surface area contributed by atoms with Crippen LogP contribution in [0.2, 0.25) is 0 Å². The van der Waals surface area contributed by atoms with Crippen LogP contribution in [0.25, 0.3) is 32.7 Å². The van der Waals surface area contributed by atoms with Crippen LogP contribution < -0.4 is 5.56 Å². The van der Waals surface area contributed by atoms with Gasteiger partial charge >= 0.3 is 0 Å². The lowest BCUT2D eigenvalue weighted by Crippen LogP contribution is -2.10. The van der Waals surface area contributed by atoms with Gasteiger partial charge in [0.25, 0.3) is 5.56 Å². The van der Waals surface area contributed by atoms with Gasteiger partial charge in [0, 0.05) is 20.5 Å². The molecule has 4 nitrogen and oxygen atoms in total. The molecular weight excluding hydrogens is 406 g/mol. The number of pyridine rings is 1. The van der Waals surface area contributed by atoms with E-state index in [2.05, 4.69) is 30.9 Å². The van der Waals surface area contributed by atoms with E-state index in [0.29, 0.717) is 11.0 Å². The van der Waals surface area contributed by atoms with Gasteiger partial charge in [0.1, 0.15) is 5.65 Å². The molecule has 118 valence electrons. The Morgan fingerprint density at radius 2 is 1.92 bits per heavy atom. The first-order chi connectivity index (χ1) is 11.6. The van der Waals surface area contributed by atoms with Crippen LogP contribution in [0, 0.1) is 4.77 Å². The van der Waals surface area contributed by atoms with E-state index in [-0.39, 0.29) is 10.3 Å². The number of benzene rings is 1. The van der Waals surface area contributed by atoms with Crippen molar-refractivity contribution in [2.24, 2.45) is 0 Å². The number of aromatic nitrogens is 3. The summed E-state index contributed by atoms with van der Waals surface area (Å²) in [5.41, 5.74) is 2.87. The summed E-state index contributed by atoms with van der Waals surface area (Å²) in [7, 11) is 0. The summed E-state index contributed by atoms with van der Waals surface area (Å²) in [5.74, 6) is 0. The summed E-state index contributed by atoms with van der Waals surface area (Å²) < 4.78 is 1.27. The van der Waals surface area contributed by atoms with Crippen molar-refractivity contribution in [3.05, 3.63) is 67.4 Å². The van der Waals surface area contributed by atoms with Gasteiger partial charge in [-0.15, -0.1) is 11.3 Å². The molecule has 4 rings (SSSR count). The SMILES string of the molecule is O=c1[nH]c(=S)[nH]c2nc(-c3ccc(Br)cc3)cc(-c3cccs3)c12. The smallest absolute Gasteiger partial charge is 0.261 e. The van der Waals surface area contributed by atoms with E-state index in [9.17, 15) is 4.79 Å². The van der Waals surface area contributed by atoms with Crippen LogP contribution in [0.3, 0.4) is 0 Å². The Bertz CT molecular complexity index is 1150. The minimum atomic E-state index is -0.230. The zero-order chi connectivity index (χ0) is 16.7. The second-order valence-electron chi connectivity index (χ2n) is 5.17. The molecular formula is C17H10BrN3OS2. The molecule has 7 heteroatoms. The fourth-order valence-corrected chi connectivity index (χ4v) is 3.77. The fourth-order valence-electron chi connectivity index (χ4n) is 2.56. The van der Waals surface area contributed by atoms with Crippen LogP contribution in [0.15, 0.2) is 57.1 Å². The largest absolute Gasteiger partial charge is 0.316 e. The molecule has 0 saturated carbocycles. The van der Waals surface area contributed by atoms with Crippen molar-refractivity contribution in [2.45, 2.75) is 0 Å². The summed E-state index contributed by atoms with van der Waals surface area (Å²) in [6, 6.07) is 13.8. The average molecular weight is 416 g/mol. The first-order valence-corrected chi connectivity index (χ1v) is 9.17. The number of H-pyrrole nitrogens is 2. The molecule has 0 fully saturated rings.